The Morgan fingerprint density at radius 2 is 1.84 bits per heavy atom. The minimum Gasteiger partial charge on any atom is -0.506 e. The van der Waals surface area contributed by atoms with Gasteiger partial charge in [0.15, 0.2) is 0 Å². The quantitative estimate of drug-likeness (QED) is 0.502. The molecule has 3 rings (SSSR count). The fourth-order valence-electron chi connectivity index (χ4n) is 3.72. The lowest BCUT2D eigenvalue weighted by molar-refractivity contribution is -0.135. The summed E-state index contributed by atoms with van der Waals surface area (Å²) >= 11 is 5.79. The molecule has 31 heavy (non-hydrogen) atoms. The van der Waals surface area contributed by atoms with Gasteiger partial charge in [-0.2, -0.15) is 13.2 Å². The van der Waals surface area contributed by atoms with Crippen LogP contribution in [0.2, 0.25) is 5.02 Å². The lowest BCUT2D eigenvalue weighted by atomic mass is 10.1. The SMILES string of the molecule is C=CC(=O)N1CC(N2CCN(C(=O)CNc3cc(CC(F)(F)F)c(Cl)cc3O)CC2)C1. The van der Waals surface area contributed by atoms with Crippen LogP contribution in [-0.2, 0) is 16.0 Å². The molecule has 0 atom stereocenters. The molecule has 0 aliphatic carbocycles. The number of hydrogen-bond acceptors (Lipinski definition) is 5. The molecule has 1 aromatic carbocycles. The average Bonchev–Trinajstić information content (AvgIpc) is 2.67. The Kier molecular flexibility index (Phi) is 7.00. The van der Waals surface area contributed by atoms with E-state index in [2.05, 4.69) is 16.8 Å². The molecule has 170 valence electrons. The van der Waals surface area contributed by atoms with Gasteiger partial charge in [0.25, 0.3) is 0 Å². The summed E-state index contributed by atoms with van der Waals surface area (Å²) in [6.07, 6.45) is -4.37. The van der Waals surface area contributed by atoms with Gasteiger partial charge in [-0.25, -0.2) is 0 Å². The Bertz CT molecular complexity index is 851. The summed E-state index contributed by atoms with van der Waals surface area (Å²) in [7, 11) is 0. The number of hydrogen-bond donors (Lipinski definition) is 2. The lowest BCUT2D eigenvalue weighted by Gasteiger charge is -2.47. The van der Waals surface area contributed by atoms with E-state index in [1.165, 1.54) is 6.08 Å². The number of rotatable bonds is 6. The molecule has 0 bridgehead atoms. The van der Waals surface area contributed by atoms with Crippen molar-refractivity contribution in [1.82, 2.24) is 14.7 Å². The zero-order valence-electron chi connectivity index (χ0n) is 16.8. The molecule has 2 aliphatic rings. The van der Waals surface area contributed by atoms with Gasteiger partial charge in [0.05, 0.1) is 18.7 Å². The summed E-state index contributed by atoms with van der Waals surface area (Å²) in [6.45, 7) is 6.98. The lowest BCUT2D eigenvalue weighted by Crippen LogP contribution is -2.64. The minimum absolute atomic E-state index is 0.0251. The first-order valence-corrected chi connectivity index (χ1v) is 10.2. The van der Waals surface area contributed by atoms with Gasteiger partial charge in [0.1, 0.15) is 5.75 Å². The topological polar surface area (TPSA) is 76.1 Å². The Morgan fingerprint density at radius 1 is 1.19 bits per heavy atom. The van der Waals surface area contributed by atoms with Gasteiger partial charge < -0.3 is 20.2 Å². The maximum atomic E-state index is 12.7. The Hall–Kier alpha value is -2.46. The third-order valence-corrected chi connectivity index (χ3v) is 5.87. The highest BCUT2D eigenvalue weighted by Gasteiger charge is 2.35. The highest BCUT2D eigenvalue weighted by molar-refractivity contribution is 6.31. The molecule has 2 fully saturated rings. The van der Waals surface area contributed by atoms with Crippen molar-refractivity contribution >= 4 is 29.1 Å². The molecule has 0 saturated carbocycles. The number of benzene rings is 1. The summed E-state index contributed by atoms with van der Waals surface area (Å²) in [5.74, 6) is -0.624. The summed E-state index contributed by atoms with van der Waals surface area (Å²) in [4.78, 5) is 29.6. The molecule has 1 aromatic rings. The molecule has 2 amide bonds. The first-order valence-electron chi connectivity index (χ1n) is 9.82. The Morgan fingerprint density at radius 3 is 2.42 bits per heavy atom. The van der Waals surface area contributed by atoms with Gasteiger partial charge in [-0.15, -0.1) is 0 Å². The predicted octanol–water partition coefficient (Wildman–Crippen LogP) is 2.10. The van der Waals surface area contributed by atoms with E-state index in [1.807, 2.05) is 0 Å². The van der Waals surface area contributed by atoms with Gasteiger partial charge in [-0.05, 0) is 17.7 Å². The molecule has 7 nitrogen and oxygen atoms in total. The molecule has 0 aromatic heterocycles. The number of carbonyl (C=O) groups excluding carboxylic acids is 2. The first kappa shape index (κ1) is 23.2. The van der Waals surface area contributed by atoms with Crippen LogP contribution in [0.15, 0.2) is 24.8 Å². The van der Waals surface area contributed by atoms with Gasteiger partial charge in [-0.1, -0.05) is 18.2 Å². The number of aromatic hydroxyl groups is 1. The van der Waals surface area contributed by atoms with E-state index in [0.717, 1.165) is 12.1 Å². The smallest absolute Gasteiger partial charge is 0.393 e. The van der Waals surface area contributed by atoms with Crippen LogP contribution in [0, 0.1) is 0 Å². The molecular weight excluding hydrogens is 437 g/mol. The number of alkyl halides is 3. The second-order valence-electron chi connectivity index (χ2n) is 7.62. The third kappa shape index (κ3) is 5.82. The Balaban J connectivity index is 1.48. The number of nitrogens with zero attached hydrogens (tertiary/aromatic N) is 3. The fourth-order valence-corrected chi connectivity index (χ4v) is 3.94. The minimum atomic E-state index is -4.44. The second kappa shape index (κ2) is 9.35. The number of anilines is 1. The standard InChI is InChI=1S/C20H24ClF3N4O3/c1-2-18(30)28-11-14(12-28)26-3-5-27(6-4-26)19(31)10-25-16-7-13(9-20(22,23)24)15(21)8-17(16)29/h2,7-8,14,25,29H,1,3-6,9-12H2. The zero-order chi connectivity index (χ0) is 22.8. The zero-order valence-corrected chi connectivity index (χ0v) is 17.5. The molecule has 2 N–H and O–H groups in total. The largest absolute Gasteiger partial charge is 0.506 e. The first-order chi connectivity index (χ1) is 14.6. The van der Waals surface area contributed by atoms with Crippen LogP contribution in [0.4, 0.5) is 18.9 Å². The molecule has 11 heteroatoms. The van der Waals surface area contributed by atoms with E-state index in [0.29, 0.717) is 39.3 Å². The highest BCUT2D eigenvalue weighted by atomic mass is 35.5. The molecule has 2 aliphatic heterocycles. The van der Waals surface area contributed by atoms with Crippen LogP contribution in [0.1, 0.15) is 5.56 Å². The van der Waals surface area contributed by atoms with Crippen LogP contribution >= 0.6 is 11.6 Å². The van der Waals surface area contributed by atoms with E-state index in [4.69, 9.17) is 11.6 Å². The number of piperazine rings is 1. The van der Waals surface area contributed by atoms with E-state index >= 15 is 0 Å². The van der Waals surface area contributed by atoms with Crippen molar-refractivity contribution in [3.05, 3.63) is 35.4 Å². The third-order valence-electron chi connectivity index (χ3n) is 5.52. The van der Waals surface area contributed by atoms with Gasteiger partial charge >= 0.3 is 6.18 Å². The van der Waals surface area contributed by atoms with Crippen LogP contribution < -0.4 is 5.32 Å². The number of phenolic OH excluding ortho intramolecular Hbond substituents is 1. The fraction of sp³-hybridized carbons (Fsp3) is 0.500. The van der Waals surface area contributed by atoms with Crippen molar-refractivity contribution in [1.29, 1.82) is 0 Å². The molecule has 2 heterocycles. The number of amides is 2. The van der Waals surface area contributed by atoms with Crippen molar-refractivity contribution < 1.29 is 27.9 Å². The number of halogens is 4. The van der Waals surface area contributed by atoms with E-state index in [-0.39, 0.29) is 46.4 Å². The van der Waals surface area contributed by atoms with Crippen molar-refractivity contribution in [2.45, 2.75) is 18.6 Å². The average molecular weight is 461 g/mol. The monoisotopic (exact) mass is 460 g/mol. The molecule has 2 saturated heterocycles. The van der Waals surface area contributed by atoms with Crippen LogP contribution in [0.25, 0.3) is 0 Å². The van der Waals surface area contributed by atoms with E-state index < -0.39 is 12.6 Å². The number of carbonyl (C=O) groups is 2. The van der Waals surface area contributed by atoms with E-state index in [9.17, 15) is 27.9 Å². The van der Waals surface area contributed by atoms with Crippen molar-refractivity contribution in [2.24, 2.45) is 0 Å². The normalized spacial score (nSPS) is 17.9. The maximum Gasteiger partial charge on any atom is 0.393 e. The number of likely N-dealkylation sites (tertiary alicyclic amines) is 1. The van der Waals surface area contributed by atoms with Crippen LogP contribution in [0.5, 0.6) is 5.75 Å². The van der Waals surface area contributed by atoms with E-state index in [1.54, 1.807) is 9.80 Å². The summed E-state index contributed by atoms with van der Waals surface area (Å²) in [5.41, 5.74) is -0.155. The Labute approximate surface area is 183 Å². The van der Waals surface area contributed by atoms with Crippen LogP contribution in [-0.4, -0.2) is 89.7 Å². The van der Waals surface area contributed by atoms with Gasteiger partial charge in [0.2, 0.25) is 11.8 Å². The summed E-state index contributed by atoms with van der Waals surface area (Å²) in [5, 5.41) is 12.5. The molecular formula is C20H24ClF3N4O3. The summed E-state index contributed by atoms with van der Waals surface area (Å²) in [6, 6.07) is 2.42. The van der Waals surface area contributed by atoms with Crippen molar-refractivity contribution in [3.63, 3.8) is 0 Å². The van der Waals surface area contributed by atoms with Gasteiger partial charge in [0, 0.05) is 56.4 Å². The van der Waals surface area contributed by atoms with Crippen molar-refractivity contribution in [3.8, 4) is 5.75 Å². The maximum absolute atomic E-state index is 12.7. The predicted molar refractivity (Wildman–Crippen MR) is 110 cm³/mol. The van der Waals surface area contributed by atoms with Gasteiger partial charge in [-0.3, -0.25) is 14.5 Å². The number of nitrogens with one attached hydrogen (secondary N) is 1. The van der Waals surface area contributed by atoms with Crippen LogP contribution in [0.3, 0.4) is 0 Å². The number of phenols is 1. The molecule has 0 unspecified atom stereocenters. The molecule has 0 radical (unpaired) electrons. The summed E-state index contributed by atoms with van der Waals surface area (Å²) < 4.78 is 38.0. The molecule has 0 spiro atoms. The highest BCUT2D eigenvalue weighted by Crippen LogP contribution is 2.34. The second-order valence-corrected chi connectivity index (χ2v) is 8.03. The van der Waals surface area contributed by atoms with Crippen molar-refractivity contribution in [2.75, 3.05) is 51.1 Å².